The molecule has 0 radical (unpaired) electrons. The molecule has 4 aromatic rings. The summed E-state index contributed by atoms with van der Waals surface area (Å²) in [4.78, 5) is 22.6. The van der Waals surface area contributed by atoms with Crippen LogP contribution < -0.4 is 4.74 Å². The lowest BCUT2D eigenvalue weighted by Crippen LogP contribution is -2.04. The second-order valence-corrected chi connectivity index (χ2v) is 7.15. The smallest absolute Gasteiger partial charge is 0.339 e. The number of rotatable bonds is 7. The fraction of sp³-hybridized carbons (Fsp3) is 0.0714. The van der Waals surface area contributed by atoms with Gasteiger partial charge in [0, 0.05) is 5.56 Å². The highest BCUT2D eigenvalue weighted by Gasteiger charge is 2.10. The third-order valence-electron chi connectivity index (χ3n) is 4.71. The standard InChI is InChI=1S/2C14H12O3/c15-13-9-5-4-8-12(13)10-17-14(16)11-6-2-1-3-7-11;15-14(16)12-8-4-5-9-13(12)17-10-11-6-2-1-3-7-11/h1-9,15H,10H2;1-9H,10H2,(H,15,16). The number of hydrogen-bond donors (Lipinski definition) is 2. The molecule has 0 heterocycles. The summed E-state index contributed by atoms with van der Waals surface area (Å²) in [5.74, 6) is -0.847. The number of carbonyl (C=O) groups is 2. The first-order chi connectivity index (χ1) is 16.5. The minimum Gasteiger partial charge on any atom is -0.508 e. The van der Waals surface area contributed by atoms with Gasteiger partial charge in [-0.25, -0.2) is 9.59 Å². The van der Waals surface area contributed by atoms with Crippen molar-refractivity contribution in [1.29, 1.82) is 0 Å². The lowest BCUT2D eigenvalue weighted by Gasteiger charge is -2.08. The number of carboxylic acid groups (broad SMARTS) is 1. The Morgan fingerprint density at radius 3 is 1.94 bits per heavy atom. The van der Waals surface area contributed by atoms with Crippen molar-refractivity contribution < 1.29 is 29.3 Å². The van der Waals surface area contributed by atoms with Crippen LogP contribution in [0.5, 0.6) is 11.5 Å². The van der Waals surface area contributed by atoms with Crippen LogP contribution in [-0.2, 0) is 18.0 Å². The van der Waals surface area contributed by atoms with E-state index in [2.05, 4.69) is 0 Å². The fourth-order valence-electron chi connectivity index (χ4n) is 2.94. The van der Waals surface area contributed by atoms with E-state index in [4.69, 9.17) is 14.6 Å². The van der Waals surface area contributed by atoms with Crippen molar-refractivity contribution in [2.45, 2.75) is 13.2 Å². The van der Waals surface area contributed by atoms with Gasteiger partial charge < -0.3 is 19.7 Å². The van der Waals surface area contributed by atoms with Gasteiger partial charge in [-0.15, -0.1) is 0 Å². The number of para-hydroxylation sites is 2. The maximum absolute atomic E-state index is 11.6. The summed E-state index contributed by atoms with van der Waals surface area (Å²) in [6, 6.07) is 31.8. The lowest BCUT2D eigenvalue weighted by molar-refractivity contribution is 0.0470. The average Bonchev–Trinajstić information content (AvgIpc) is 2.88. The largest absolute Gasteiger partial charge is 0.508 e. The van der Waals surface area contributed by atoms with Gasteiger partial charge in [-0.05, 0) is 35.9 Å². The van der Waals surface area contributed by atoms with Gasteiger partial charge in [-0.1, -0.05) is 78.9 Å². The molecule has 6 heteroatoms. The van der Waals surface area contributed by atoms with Crippen molar-refractivity contribution in [3.8, 4) is 11.5 Å². The number of phenols is 1. The first kappa shape index (κ1) is 24.1. The number of aromatic carboxylic acids is 1. The third-order valence-corrected chi connectivity index (χ3v) is 4.71. The van der Waals surface area contributed by atoms with Crippen LogP contribution in [0.15, 0.2) is 109 Å². The zero-order valence-electron chi connectivity index (χ0n) is 18.3. The van der Waals surface area contributed by atoms with E-state index < -0.39 is 11.9 Å². The van der Waals surface area contributed by atoms with Crippen molar-refractivity contribution in [1.82, 2.24) is 0 Å². The molecule has 0 unspecified atom stereocenters. The number of ether oxygens (including phenoxy) is 2. The van der Waals surface area contributed by atoms with Crippen LogP contribution >= 0.6 is 0 Å². The predicted octanol–water partition coefficient (Wildman–Crippen LogP) is 5.71. The van der Waals surface area contributed by atoms with E-state index in [1.807, 2.05) is 36.4 Å². The highest BCUT2D eigenvalue weighted by molar-refractivity contribution is 5.90. The van der Waals surface area contributed by atoms with Gasteiger partial charge in [0.05, 0.1) is 5.56 Å². The summed E-state index contributed by atoms with van der Waals surface area (Å²) >= 11 is 0. The Labute approximate surface area is 197 Å². The van der Waals surface area contributed by atoms with Gasteiger partial charge in [0.1, 0.15) is 30.3 Å². The molecule has 0 saturated heterocycles. The molecule has 0 aliphatic rings. The first-order valence-electron chi connectivity index (χ1n) is 10.5. The molecule has 0 fully saturated rings. The molecule has 0 bridgehead atoms. The van der Waals surface area contributed by atoms with E-state index in [9.17, 15) is 14.7 Å². The summed E-state index contributed by atoms with van der Waals surface area (Å²) in [6.45, 7) is 0.436. The zero-order chi connectivity index (χ0) is 24.2. The fourth-order valence-corrected chi connectivity index (χ4v) is 2.94. The van der Waals surface area contributed by atoms with E-state index >= 15 is 0 Å². The van der Waals surface area contributed by atoms with Crippen LogP contribution in [0, 0.1) is 0 Å². The Balaban J connectivity index is 0.000000191. The number of carbonyl (C=O) groups excluding carboxylic acids is 1. The minimum atomic E-state index is -0.978. The number of aromatic hydroxyl groups is 1. The maximum atomic E-state index is 11.6. The quantitative estimate of drug-likeness (QED) is 0.346. The van der Waals surface area contributed by atoms with Crippen LogP contribution in [0.25, 0.3) is 0 Å². The Morgan fingerprint density at radius 1 is 0.676 bits per heavy atom. The topological polar surface area (TPSA) is 93.1 Å². The van der Waals surface area contributed by atoms with Crippen molar-refractivity contribution in [3.63, 3.8) is 0 Å². The van der Waals surface area contributed by atoms with E-state index in [1.54, 1.807) is 66.7 Å². The summed E-state index contributed by atoms with van der Waals surface area (Å²) in [7, 11) is 0. The maximum Gasteiger partial charge on any atom is 0.339 e. The molecule has 34 heavy (non-hydrogen) atoms. The van der Waals surface area contributed by atoms with E-state index in [0.29, 0.717) is 23.5 Å². The molecule has 6 nitrogen and oxygen atoms in total. The van der Waals surface area contributed by atoms with Crippen molar-refractivity contribution >= 4 is 11.9 Å². The molecule has 0 atom stereocenters. The van der Waals surface area contributed by atoms with E-state index in [-0.39, 0.29) is 17.9 Å². The lowest BCUT2D eigenvalue weighted by atomic mass is 10.2. The number of carboxylic acids is 1. The summed E-state index contributed by atoms with van der Waals surface area (Å²) < 4.78 is 10.6. The molecule has 172 valence electrons. The monoisotopic (exact) mass is 456 g/mol. The average molecular weight is 456 g/mol. The van der Waals surface area contributed by atoms with Crippen LogP contribution in [-0.4, -0.2) is 22.2 Å². The first-order valence-corrected chi connectivity index (χ1v) is 10.5. The summed E-state index contributed by atoms with van der Waals surface area (Å²) in [6.07, 6.45) is 0. The third kappa shape index (κ3) is 7.24. The normalized spacial score (nSPS) is 9.88. The second-order valence-electron chi connectivity index (χ2n) is 7.15. The molecule has 0 spiro atoms. The van der Waals surface area contributed by atoms with Crippen molar-refractivity contribution in [2.24, 2.45) is 0 Å². The number of esters is 1. The zero-order valence-corrected chi connectivity index (χ0v) is 18.3. The predicted molar refractivity (Wildman–Crippen MR) is 128 cm³/mol. The molecular weight excluding hydrogens is 432 g/mol. The molecule has 4 aromatic carbocycles. The second kappa shape index (κ2) is 12.5. The van der Waals surface area contributed by atoms with Crippen LogP contribution in [0.4, 0.5) is 0 Å². The molecule has 0 saturated carbocycles. The van der Waals surface area contributed by atoms with Gasteiger partial charge in [-0.3, -0.25) is 0 Å². The molecule has 0 aliphatic carbocycles. The van der Waals surface area contributed by atoms with E-state index in [1.165, 1.54) is 6.07 Å². The Morgan fingerprint density at radius 2 is 1.26 bits per heavy atom. The van der Waals surface area contributed by atoms with Gasteiger partial charge in [-0.2, -0.15) is 0 Å². The van der Waals surface area contributed by atoms with Gasteiger partial charge in [0.25, 0.3) is 0 Å². The highest BCUT2D eigenvalue weighted by Crippen LogP contribution is 2.19. The molecule has 2 N–H and O–H groups in total. The molecule has 0 aliphatic heterocycles. The van der Waals surface area contributed by atoms with Crippen LogP contribution in [0.3, 0.4) is 0 Å². The number of hydrogen-bond acceptors (Lipinski definition) is 5. The Kier molecular flexibility index (Phi) is 8.82. The SMILES string of the molecule is O=C(O)c1ccccc1OCc1ccccc1.O=C(OCc1ccccc1O)c1ccccc1. The summed E-state index contributed by atoms with van der Waals surface area (Å²) in [5.41, 5.74) is 2.29. The van der Waals surface area contributed by atoms with Crippen LogP contribution in [0.2, 0.25) is 0 Å². The van der Waals surface area contributed by atoms with E-state index in [0.717, 1.165) is 5.56 Å². The Hall–Kier alpha value is -4.58. The van der Waals surface area contributed by atoms with Gasteiger partial charge in [0.15, 0.2) is 0 Å². The molecular formula is C28H24O6. The molecule has 0 amide bonds. The van der Waals surface area contributed by atoms with Crippen molar-refractivity contribution in [2.75, 3.05) is 0 Å². The molecule has 4 rings (SSSR count). The minimum absolute atomic E-state index is 0.0698. The van der Waals surface area contributed by atoms with Crippen LogP contribution in [0.1, 0.15) is 31.8 Å². The Bertz CT molecular complexity index is 1210. The van der Waals surface area contributed by atoms with Gasteiger partial charge >= 0.3 is 11.9 Å². The highest BCUT2D eigenvalue weighted by atomic mass is 16.5. The summed E-state index contributed by atoms with van der Waals surface area (Å²) in [5, 5.41) is 18.5. The van der Waals surface area contributed by atoms with Crippen molar-refractivity contribution in [3.05, 3.63) is 131 Å². The number of phenolic OH excluding ortho intramolecular Hbond substituents is 1. The van der Waals surface area contributed by atoms with Gasteiger partial charge in [0.2, 0.25) is 0 Å². The number of benzene rings is 4. The molecule has 0 aromatic heterocycles.